The maximum absolute atomic E-state index is 11.9. The van der Waals surface area contributed by atoms with Crippen LogP contribution >= 0.6 is 0 Å². The van der Waals surface area contributed by atoms with Crippen LogP contribution < -0.4 is 10.0 Å². The highest BCUT2D eigenvalue weighted by Crippen LogP contribution is 2.28. The molecule has 0 aliphatic carbocycles. The van der Waals surface area contributed by atoms with Crippen LogP contribution in [0.4, 0.5) is 11.4 Å². The standard InChI is InChI=1S/C18H28N4O4S/c1-6-10-21(11-7-2)18(14(3)4)13-20-16-9-8-15(27(25,26)19-5)12-17(16)22(23)24/h6-9,12,14,18-20H,1-2,10-11,13H2,3-5H3/t18-/m1/s1. The molecule has 0 spiro atoms. The van der Waals surface area contributed by atoms with Gasteiger partial charge < -0.3 is 5.32 Å². The average Bonchev–Trinajstić information content (AvgIpc) is 2.61. The van der Waals surface area contributed by atoms with Crippen LogP contribution in [0.25, 0.3) is 0 Å². The van der Waals surface area contributed by atoms with Gasteiger partial charge in [-0.25, -0.2) is 13.1 Å². The summed E-state index contributed by atoms with van der Waals surface area (Å²) >= 11 is 0. The molecule has 1 aromatic carbocycles. The number of nitro groups is 1. The molecule has 150 valence electrons. The lowest BCUT2D eigenvalue weighted by Crippen LogP contribution is -2.43. The average molecular weight is 397 g/mol. The third-order valence-corrected chi connectivity index (χ3v) is 5.62. The van der Waals surface area contributed by atoms with Crippen molar-refractivity contribution in [2.24, 2.45) is 5.92 Å². The van der Waals surface area contributed by atoms with Crippen molar-refractivity contribution in [1.82, 2.24) is 9.62 Å². The molecule has 8 nitrogen and oxygen atoms in total. The van der Waals surface area contributed by atoms with Crippen LogP contribution in [0.5, 0.6) is 0 Å². The first-order valence-corrected chi connectivity index (χ1v) is 10.1. The summed E-state index contributed by atoms with van der Waals surface area (Å²) in [7, 11) is -2.50. The molecule has 2 N–H and O–H groups in total. The Morgan fingerprint density at radius 2 is 1.85 bits per heavy atom. The number of nitro benzene ring substituents is 1. The van der Waals surface area contributed by atoms with Crippen molar-refractivity contribution in [3.05, 3.63) is 53.6 Å². The molecular formula is C18H28N4O4S. The highest BCUT2D eigenvalue weighted by atomic mass is 32.2. The zero-order valence-corrected chi connectivity index (χ0v) is 16.8. The van der Waals surface area contributed by atoms with E-state index in [2.05, 4.69) is 41.9 Å². The van der Waals surface area contributed by atoms with E-state index in [0.29, 0.717) is 19.6 Å². The maximum atomic E-state index is 11.9. The smallest absolute Gasteiger partial charge is 0.293 e. The molecule has 0 radical (unpaired) electrons. The van der Waals surface area contributed by atoms with Crippen molar-refractivity contribution in [2.75, 3.05) is 32.0 Å². The van der Waals surface area contributed by atoms with Crippen molar-refractivity contribution >= 4 is 21.4 Å². The molecule has 0 aliphatic heterocycles. The van der Waals surface area contributed by atoms with Crippen LogP contribution in [0, 0.1) is 16.0 Å². The number of hydrogen-bond donors (Lipinski definition) is 2. The molecule has 0 unspecified atom stereocenters. The molecule has 9 heteroatoms. The van der Waals surface area contributed by atoms with Gasteiger partial charge in [0.25, 0.3) is 5.69 Å². The number of benzene rings is 1. The van der Waals surface area contributed by atoms with Crippen molar-refractivity contribution in [2.45, 2.75) is 24.8 Å². The van der Waals surface area contributed by atoms with Gasteiger partial charge in [-0.15, -0.1) is 13.2 Å². The molecule has 0 amide bonds. The lowest BCUT2D eigenvalue weighted by Gasteiger charge is -2.33. The maximum Gasteiger partial charge on any atom is 0.293 e. The van der Waals surface area contributed by atoms with E-state index < -0.39 is 14.9 Å². The van der Waals surface area contributed by atoms with Gasteiger partial charge in [0, 0.05) is 31.7 Å². The zero-order chi connectivity index (χ0) is 20.6. The largest absolute Gasteiger partial charge is 0.378 e. The van der Waals surface area contributed by atoms with Crippen molar-refractivity contribution in [1.29, 1.82) is 0 Å². The van der Waals surface area contributed by atoms with E-state index in [9.17, 15) is 18.5 Å². The molecule has 0 aromatic heterocycles. The van der Waals surface area contributed by atoms with Crippen LogP contribution in [0.1, 0.15) is 13.8 Å². The fourth-order valence-electron chi connectivity index (χ4n) is 2.77. The monoisotopic (exact) mass is 396 g/mol. The minimum atomic E-state index is -3.76. The Hall–Kier alpha value is -2.23. The summed E-state index contributed by atoms with van der Waals surface area (Å²) in [5, 5.41) is 14.5. The number of rotatable bonds is 12. The second-order valence-electron chi connectivity index (χ2n) is 6.37. The predicted molar refractivity (Wildman–Crippen MR) is 108 cm³/mol. The highest BCUT2D eigenvalue weighted by Gasteiger charge is 2.23. The van der Waals surface area contributed by atoms with Crippen LogP contribution in [-0.2, 0) is 10.0 Å². The third-order valence-electron chi connectivity index (χ3n) is 4.21. The van der Waals surface area contributed by atoms with Gasteiger partial charge in [-0.3, -0.25) is 15.0 Å². The molecule has 0 saturated heterocycles. The molecule has 0 saturated carbocycles. The second-order valence-corrected chi connectivity index (χ2v) is 8.25. The molecule has 0 heterocycles. The Morgan fingerprint density at radius 1 is 1.26 bits per heavy atom. The van der Waals surface area contributed by atoms with Crippen molar-refractivity contribution in [3.8, 4) is 0 Å². The van der Waals surface area contributed by atoms with Crippen LogP contribution in [0.15, 0.2) is 48.4 Å². The van der Waals surface area contributed by atoms with Crippen LogP contribution in [-0.4, -0.2) is 51.0 Å². The first-order valence-electron chi connectivity index (χ1n) is 8.59. The first kappa shape index (κ1) is 22.8. The van der Waals surface area contributed by atoms with Gasteiger partial charge in [-0.2, -0.15) is 0 Å². The summed E-state index contributed by atoms with van der Waals surface area (Å²) in [5.74, 6) is 0.278. The summed E-state index contributed by atoms with van der Waals surface area (Å²) in [6.45, 7) is 13.5. The topological polar surface area (TPSA) is 105 Å². The van der Waals surface area contributed by atoms with E-state index in [1.807, 2.05) is 0 Å². The summed E-state index contributed by atoms with van der Waals surface area (Å²) in [6.07, 6.45) is 3.61. The van der Waals surface area contributed by atoms with Crippen molar-refractivity contribution < 1.29 is 13.3 Å². The molecule has 0 bridgehead atoms. The fourth-order valence-corrected chi connectivity index (χ4v) is 3.52. The van der Waals surface area contributed by atoms with Crippen molar-refractivity contribution in [3.63, 3.8) is 0 Å². The quantitative estimate of drug-likeness (QED) is 0.320. The second kappa shape index (κ2) is 10.2. The summed E-state index contributed by atoms with van der Waals surface area (Å²) in [6, 6.07) is 3.91. The molecule has 27 heavy (non-hydrogen) atoms. The van der Waals surface area contributed by atoms with E-state index in [0.717, 1.165) is 6.07 Å². The molecule has 1 aromatic rings. The molecule has 1 rings (SSSR count). The van der Waals surface area contributed by atoms with Gasteiger partial charge in [-0.05, 0) is 25.1 Å². The van der Waals surface area contributed by atoms with Crippen LogP contribution in [0.3, 0.4) is 0 Å². The molecule has 0 aliphatic rings. The SMILES string of the molecule is C=CCN(CC=C)[C@H](CNc1ccc(S(=O)(=O)NC)cc1[N+](=O)[O-])C(C)C. The van der Waals surface area contributed by atoms with E-state index in [4.69, 9.17) is 0 Å². The molecule has 1 atom stereocenters. The van der Waals surface area contributed by atoms with Gasteiger partial charge in [0.15, 0.2) is 0 Å². The molecule has 0 fully saturated rings. The fraction of sp³-hybridized carbons (Fsp3) is 0.444. The van der Waals surface area contributed by atoms with E-state index in [-0.39, 0.29) is 28.2 Å². The number of hydrogen-bond acceptors (Lipinski definition) is 6. The zero-order valence-electron chi connectivity index (χ0n) is 16.0. The molecular weight excluding hydrogens is 368 g/mol. The van der Waals surface area contributed by atoms with Gasteiger partial charge in [0.05, 0.1) is 9.82 Å². The number of nitrogens with zero attached hydrogens (tertiary/aromatic N) is 2. The lowest BCUT2D eigenvalue weighted by molar-refractivity contribution is -0.384. The van der Waals surface area contributed by atoms with E-state index in [1.165, 1.54) is 19.2 Å². The normalized spacial score (nSPS) is 12.8. The minimum absolute atomic E-state index is 0.0846. The Labute approximate surface area is 161 Å². The van der Waals surface area contributed by atoms with E-state index >= 15 is 0 Å². The Kier molecular flexibility index (Phi) is 8.61. The van der Waals surface area contributed by atoms with Gasteiger partial charge in [0.2, 0.25) is 10.0 Å². The number of sulfonamides is 1. The Bertz CT molecular complexity index is 768. The minimum Gasteiger partial charge on any atom is -0.378 e. The van der Waals surface area contributed by atoms with Crippen LogP contribution in [0.2, 0.25) is 0 Å². The number of anilines is 1. The van der Waals surface area contributed by atoms with Gasteiger partial charge in [-0.1, -0.05) is 26.0 Å². The lowest BCUT2D eigenvalue weighted by atomic mass is 10.0. The Morgan fingerprint density at radius 3 is 2.30 bits per heavy atom. The summed E-state index contributed by atoms with van der Waals surface area (Å²) in [4.78, 5) is 12.8. The number of nitrogens with one attached hydrogen (secondary N) is 2. The summed E-state index contributed by atoms with van der Waals surface area (Å²) < 4.78 is 25.9. The predicted octanol–water partition coefficient (Wildman–Crippen LogP) is 2.61. The third kappa shape index (κ3) is 6.16. The van der Waals surface area contributed by atoms with E-state index in [1.54, 1.807) is 12.2 Å². The Balaban J connectivity index is 3.13. The first-order chi connectivity index (χ1) is 12.7. The highest BCUT2D eigenvalue weighted by molar-refractivity contribution is 7.89. The summed E-state index contributed by atoms with van der Waals surface area (Å²) in [5.41, 5.74) is -0.00863. The van der Waals surface area contributed by atoms with Gasteiger partial charge in [0.1, 0.15) is 5.69 Å². The van der Waals surface area contributed by atoms with Gasteiger partial charge >= 0.3 is 0 Å².